The second kappa shape index (κ2) is 10.9. The maximum atomic E-state index is 14.1. The topological polar surface area (TPSA) is 136 Å². The minimum atomic E-state index is -1.46. The van der Waals surface area contributed by atoms with Crippen molar-refractivity contribution in [3.8, 4) is 0 Å². The van der Waals surface area contributed by atoms with E-state index in [2.05, 4.69) is 5.32 Å². The number of hydrogen-bond acceptors (Lipinski definition) is 6. The van der Waals surface area contributed by atoms with E-state index < -0.39 is 47.2 Å². The molecule has 3 rings (SSSR count). The van der Waals surface area contributed by atoms with E-state index in [1.807, 2.05) is 30.3 Å². The van der Waals surface area contributed by atoms with Gasteiger partial charge in [-0.15, -0.1) is 0 Å². The SMILES string of the molecule is CC(O)C(NC(=O)C1CCCN1C(=O)C1(c2ccccc2)CCN(C(=O)OC(C)(C)C)CC1)C(=O)O. The molecule has 0 radical (unpaired) electrons. The number of rotatable bonds is 6. The van der Waals surface area contributed by atoms with Crippen LogP contribution in [0.5, 0.6) is 0 Å². The van der Waals surface area contributed by atoms with E-state index in [1.54, 1.807) is 25.7 Å². The molecule has 3 N–H and O–H groups in total. The Bertz CT molecular complexity index is 965. The average molecular weight is 504 g/mol. The van der Waals surface area contributed by atoms with E-state index in [4.69, 9.17) is 4.74 Å². The molecule has 0 aliphatic carbocycles. The first-order valence-corrected chi connectivity index (χ1v) is 12.4. The summed E-state index contributed by atoms with van der Waals surface area (Å²) in [5.74, 6) is -2.15. The molecule has 198 valence electrons. The van der Waals surface area contributed by atoms with Gasteiger partial charge in [0.05, 0.1) is 11.5 Å². The summed E-state index contributed by atoms with van der Waals surface area (Å²) < 4.78 is 5.51. The fourth-order valence-corrected chi connectivity index (χ4v) is 4.98. The number of amides is 3. The Morgan fingerprint density at radius 1 is 1.08 bits per heavy atom. The predicted octanol–water partition coefficient (Wildman–Crippen LogP) is 1.90. The number of piperidine rings is 1. The quantitative estimate of drug-likeness (QED) is 0.539. The van der Waals surface area contributed by atoms with Gasteiger partial charge in [-0.05, 0) is 58.9 Å². The van der Waals surface area contributed by atoms with Crippen LogP contribution in [-0.2, 0) is 24.5 Å². The molecule has 0 aromatic heterocycles. The van der Waals surface area contributed by atoms with Gasteiger partial charge >= 0.3 is 12.1 Å². The van der Waals surface area contributed by atoms with Gasteiger partial charge in [0.1, 0.15) is 11.6 Å². The van der Waals surface area contributed by atoms with Gasteiger partial charge < -0.3 is 30.1 Å². The van der Waals surface area contributed by atoms with Crippen LogP contribution < -0.4 is 5.32 Å². The maximum absolute atomic E-state index is 14.1. The Morgan fingerprint density at radius 3 is 2.22 bits per heavy atom. The third kappa shape index (κ3) is 5.98. The molecule has 3 amide bonds. The molecule has 2 aliphatic heterocycles. The highest BCUT2D eigenvalue weighted by Gasteiger charge is 2.49. The first-order chi connectivity index (χ1) is 16.9. The fourth-order valence-electron chi connectivity index (χ4n) is 4.98. The van der Waals surface area contributed by atoms with Crippen molar-refractivity contribution in [2.45, 2.75) is 82.6 Å². The lowest BCUT2D eigenvalue weighted by Crippen LogP contribution is -2.58. The van der Waals surface area contributed by atoms with E-state index in [0.717, 1.165) is 5.56 Å². The molecular weight excluding hydrogens is 466 g/mol. The van der Waals surface area contributed by atoms with Gasteiger partial charge in [0.2, 0.25) is 11.8 Å². The van der Waals surface area contributed by atoms with Gasteiger partial charge in [0, 0.05) is 19.6 Å². The second-order valence-electron chi connectivity index (χ2n) is 10.6. The number of ether oxygens (including phenoxy) is 1. The lowest BCUT2D eigenvalue weighted by Gasteiger charge is -2.44. The molecular formula is C26H37N3O7. The van der Waals surface area contributed by atoms with Gasteiger partial charge in [0.15, 0.2) is 6.04 Å². The van der Waals surface area contributed by atoms with Crippen molar-refractivity contribution in [1.29, 1.82) is 0 Å². The number of hydrogen-bond donors (Lipinski definition) is 3. The summed E-state index contributed by atoms with van der Waals surface area (Å²) in [6.07, 6.45) is 0.0261. The Hall–Kier alpha value is -3.14. The number of aliphatic hydroxyl groups is 1. The predicted molar refractivity (Wildman–Crippen MR) is 131 cm³/mol. The van der Waals surface area contributed by atoms with Gasteiger partial charge in [0.25, 0.3) is 0 Å². The van der Waals surface area contributed by atoms with Crippen molar-refractivity contribution in [3.05, 3.63) is 35.9 Å². The molecule has 0 saturated carbocycles. The molecule has 1 aromatic carbocycles. The van der Waals surface area contributed by atoms with Crippen molar-refractivity contribution in [3.63, 3.8) is 0 Å². The molecule has 0 spiro atoms. The Labute approximate surface area is 211 Å². The summed E-state index contributed by atoms with van der Waals surface area (Å²) in [4.78, 5) is 54.4. The Morgan fingerprint density at radius 2 is 1.69 bits per heavy atom. The van der Waals surface area contributed by atoms with Gasteiger partial charge in [-0.3, -0.25) is 9.59 Å². The standard InChI is InChI=1S/C26H37N3O7/c1-17(30)20(22(32)33)27-21(31)19-11-8-14-29(19)23(34)26(18-9-6-5-7-10-18)12-15-28(16-13-26)24(35)36-25(2,3)4/h5-7,9-10,17,19-20,30H,8,11-16H2,1-4H3,(H,27,31)(H,32,33). The molecule has 2 heterocycles. The van der Waals surface area contributed by atoms with E-state index >= 15 is 0 Å². The molecule has 2 aliphatic rings. The number of aliphatic hydroxyl groups excluding tert-OH is 1. The van der Waals surface area contributed by atoms with Crippen LogP contribution in [0.4, 0.5) is 4.79 Å². The zero-order valence-electron chi connectivity index (χ0n) is 21.4. The van der Waals surface area contributed by atoms with Gasteiger partial charge in [-0.2, -0.15) is 0 Å². The van der Waals surface area contributed by atoms with E-state index in [1.165, 1.54) is 11.8 Å². The monoisotopic (exact) mass is 503 g/mol. The molecule has 3 unspecified atom stereocenters. The minimum absolute atomic E-state index is 0.209. The maximum Gasteiger partial charge on any atom is 0.410 e. The number of nitrogens with zero attached hydrogens (tertiary/aromatic N) is 2. The van der Waals surface area contributed by atoms with Crippen LogP contribution in [0.15, 0.2) is 30.3 Å². The number of carboxylic acid groups (broad SMARTS) is 1. The highest BCUT2D eigenvalue weighted by Crippen LogP contribution is 2.39. The normalized spacial score (nSPS) is 21.4. The molecule has 36 heavy (non-hydrogen) atoms. The van der Waals surface area contributed by atoms with Gasteiger partial charge in [-0.1, -0.05) is 30.3 Å². The smallest absolute Gasteiger partial charge is 0.410 e. The number of nitrogens with one attached hydrogen (secondary N) is 1. The number of carboxylic acids is 1. The Balaban J connectivity index is 1.84. The van der Waals surface area contributed by atoms with E-state index in [0.29, 0.717) is 45.3 Å². The fraction of sp³-hybridized carbons (Fsp3) is 0.615. The molecule has 3 atom stereocenters. The lowest BCUT2D eigenvalue weighted by atomic mass is 9.71. The van der Waals surface area contributed by atoms with Crippen molar-refractivity contribution < 1.29 is 34.1 Å². The number of benzene rings is 1. The summed E-state index contributed by atoms with van der Waals surface area (Å²) in [7, 11) is 0. The van der Waals surface area contributed by atoms with Crippen LogP contribution in [0.25, 0.3) is 0 Å². The van der Waals surface area contributed by atoms with Crippen LogP contribution in [-0.4, -0.2) is 87.3 Å². The van der Waals surface area contributed by atoms with E-state index in [9.17, 15) is 29.4 Å². The van der Waals surface area contributed by atoms with Crippen LogP contribution in [0.3, 0.4) is 0 Å². The largest absolute Gasteiger partial charge is 0.480 e. The highest BCUT2D eigenvalue weighted by molar-refractivity contribution is 5.95. The average Bonchev–Trinajstić information content (AvgIpc) is 3.31. The number of aliphatic carboxylic acids is 1. The summed E-state index contributed by atoms with van der Waals surface area (Å²) in [6, 6.07) is 7.07. The third-order valence-corrected chi connectivity index (χ3v) is 6.87. The summed E-state index contributed by atoms with van der Waals surface area (Å²) >= 11 is 0. The highest BCUT2D eigenvalue weighted by atomic mass is 16.6. The van der Waals surface area contributed by atoms with Crippen LogP contribution in [0.1, 0.15) is 58.9 Å². The van der Waals surface area contributed by atoms with Crippen molar-refractivity contribution in [2.75, 3.05) is 19.6 Å². The third-order valence-electron chi connectivity index (χ3n) is 6.87. The summed E-state index contributed by atoms with van der Waals surface area (Å²) in [6.45, 7) is 7.72. The number of carbonyl (C=O) groups excluding carboxylic acids is 3. The number of carbonyl (C=O) groups is 4. The first-order valence-electron chi connectivity index (χ1n) is 12.4. The lowest BCUT2D eigenvalue weighted by molar-refractivity contribution is -0.148. The van der Waals surface area contributed by atoms with Gasteiger partial charge in [-0.25, -0.2) is 9.59 Å². The first kappa shape index (κ1) is 27.4. The molecule has 10 nitrogen and oxygen atoms in total. The molecule has 2 saturated heterocycles. The van der Waals surface area contributed by atoms with Crippen LogP contribution in [0.2, 0.25) is 0 Å². The molecule has 0 bridgehead atoms. The number of likely N-dealkylation sites (tertiary alicyclic amines) is 2. The summed E-state index contributed by atoms with van der Waals surface area (Å²) in [5, 5.41) is 21.5. The van der Waals surface area contributed by atoms with Crippen molar-refractivity contribution >= 4 is 23.9 Å². The van der Waals surface area contributed by atoms with Crippen molar-refractivity contribution in [1.82, 2.24) is 15.1 Å². The zero-order valence-corrected chi connectivity index (χ0v) is 21.4. The molecule has 2 fully saturated rings. The van der Waals surface area contributed by atoms with Crippen molar-refractivity contribution in [2.24, 2.45) is 0 Å². The molecule has 10 heteroatoms. The second-order valence-corrected chi connectivity index (χ2v) is 10.6. The van der Waals surface area contributed by atoms with E-state index in [-0.39, 0.29) is 5.91 Å². The molecule has 1 aromatic rings. The van der Waals surface area contributed by atoms with Crippen LogP contribution >= 0.6 is 0 Å². The minimum Gasteiger partial charge on any atom is -0.480 e. The zero-order chi connectivity index (χ0) is 26.7. The summed E-state index contributed by atoms with van der Waals surface area (Å²) in [5.41, 5.74) is -0.743. The van der Waals surface area contributed by atoms with Crippen LogP contribution in [0, 0.1) is 0 Å². The Kier molecular flexibility index (Phi) is 8.28.